The van der Waals surface area contributed by atoms with E-state index < -0.39 is 0 Å². The van der Waals surface area contributed by atoms with Crippen LogP contribution in [-0.2, 0) is 16.5 Å². The topological polar surface area (TPSA) is 0 Å². The van der Waals surface area contributed by atoms with Crippen LogP contribution >= 0.6 is 0 Å². The molecule has 0 saturated heterocycles. The molecule has 2 aliphatic rings. The van der Waals surface area contributed by atoms with E-state index in [1.165, 1.54) is 51.4 Å². The molecule has 17 heavy (non-hydrogen) atoms. The molecule has 98 valence electrons. The molecule has 0 atom stereocenters. The largest absolute Gasteiger partial charge is 0.0882 e. The second kappa shape index (κ2) is 13.5. The predicted molar refractivity (Wildman–Crippen MR) is 73.5 cm³/mol. The van der Waals surface area contributed by atoms with Gasteiger partial charge < -0.3 is 0 Å². The molecular weight excluding hydrogens is 251 g/mol. The molecule has 0 fully saturated rings. The van der Waals surface area contributed by atoms with Gasteiger partial charge in [-0.15, -0.1) is 0 Å². The van der Waals surface area contributed by atoms with Crippen LogP contribution in [0.3, 0.4) is 0 Å². The Labute approximate surface area is 116 Å². The minimum Gasteiger partial charge on any atom is -0.0882 e. The molecule has 0 aliphatic heterocycles. The second-order valence-corrected chi connectivity index (χ2v) is 4.20. The summed E-state index contributed by atoms with van der Waals surface area (Å²) in [5, 5.41) is 0. The van der Waals surface area contributed by atoms with Crippen molar-refractivity contribution in [1.29, 1.82) is 0 Å². The van der Waals surface area contributed by atoms with Gasteiger partial charge in [-0.25, -0.2) is 0 Å². The third kappa shape index (κ3) is 11.7. The monoisotopic (exact) mass is 274 g/mol. The summed E-state index contributed by atoms with van der Waals surface area (Å²) >= 11 is 0. The number of allylic oxidation sites excluding steroid dienone is 8. The van der Waals surface area contributed by atoms with Crippen molar-refractivity contribution in [3.63, 3.8) is 0 Å². The van der Waals surface area contributed by atoms with E-state index in [0.717, 1.165) is 0 Å². The van der Waals surface area contributed by atoms with Crippen LogP contribution in [-0.4, -0.2) is 0 Å². The van der Waals surface area contributed by atoms with Crippen molar-refractivity contribution in [3.8, 4) is 0 Å². The van der Waals surface area contributed by atoms with E-state index in [1.807, 2.05) is 0 Å². The fraction of sp³-hybridized carbons (Fsp3) is 0.500. The molecule has 0 nitrogen and oxygen atoms in total. The first-order valence-electron chi connectivity index (χ1n) is 6.60. The quantitative estimate of drug-likeness (QED) is 0.413. The Morgan fingerprint density at radius 1 is 0.294 bits per heavy atom. The van der Waals surface area contributed by atoms with Gasteiger partial charge in [-0.3, -0.25) is 0 Å². The summed E-state index contributed by atoms with van der Waals surface area (Å²) in [6, 6.07) is 0. The van der Waals surface area contributed by atoms with Crippen molar-refractivity contribution in [1.82, 2.24) is 0 Å². The van der Waals surface area contributed by atoms with Gasteiger partial charge in [0.05, 0.1) is 0 Å². The van der Waals surface area contributed by atoms with Crippen LogP contribution in [0.15, 0.2) is 48.6 Å². The van der Waals surface area contributed by atoms with E-state index in [9.17, 15) is 0 Å². The molecule has 0 bridgehead atoms. The Kier molecular flexibility index (Phi) is 13.1. The zero-order valence-corrected chi connectivity index (χ0v) is 11.6. The number of hydrogen-bond donors (Lipinski definition) is 0. The van der Waals surface area contributed by atoms with Crippen molar-refractivity contribution in [2.75, 3.05) is 0 Å². The summed E-state index contributed by atoms with van der Waals surface area (Å²) in [5.41, 5.74) is 0. The van der Waals surface area contributed by atoms with E-state index in [0.29, 0.717) is 0 Å². The van der Waals surface area contributed by atoms with Gasteiger partial charge in [-0.2, -0.15) is 0 Å². The fourth-order valence-electron chi connectivity index (χ4n) is 1.71. The molecule has 2 rings (SSSR count). The van der Waals surface area contributed by atoms with Gasteiger partial charge in [0.1, 0.15) is 0 Å². The first kappa shape index (κ1) is 16.5. The van der Waals surface area contributed by atoms with Crippen LogP contribution in [0.1, 0.15) is 51.4 Å². The summed E-state index contributed by atoms with van der Waals surface area (Å²) in [6.07, 6.45) is 28.0. The molecule has 2 aliphatic carbocycles. The van der Waals surface area contributed by atoms with Gasteiger partial charge in [0.15, 0.2) is 0 Å². The van der Waals surface area contributed by atoms with E-state index in [1.54, 1.807) is 0 Å². The summed E-state index contributed by atoms with van der Waals surface area (Å²) in [5.74, 6) is 0. The smallest absolute Gasteiger partial charge is 0 e. The molecule has 0 amide bonds. The maximum Gasteiger partial charge on any atom is 0 e. The van der Waals surface area contributed by atoms with Crippen molar-refractivity contribution < 1.29 is 16.5 Å². The van der Waals surface area contributed by atoms with E-state index in [4.69, 9.17) is 0 Å². The third-order valence-electron chi connectivity index (χ3n) is 2.67. The standard InChI is InChI=1S/2C8H12.Ni/c2*1-2-4-6-8-7-5-3-1;/h2*1-2,7-8H,3-6H2;/b2*2-1-,8-7-;. The zero-order valence-electron chi connectivity index (χ0n) is 10.6. The molecule has 0 aromatic rings. The van der Waals surface area contributed by atoms with Gasteiger partial charge in [-0.05, 0) is 51.4 Å². The van der Waals surface area contributed by atoms with Crippen LogP contribution in [0.2, 0.25) is 0 Å². The Hall–Kier alpha value is -0.546. The molecule has 0 aromatic carbocycles. The van der Waals surface area contributed by atoms with Crippen molar-refractivity contribution in [2.24, 2.45) is 0 Å². The van der Waals surface area contributed by atoms with Crippen LogP contribution in [0, 0.1) is 0 Å². The molecule has 0 radical (unpaired) electrons. The molecule has 0 aromatic heterocycles. The molecular formula is C16H24Ni. The zero-order chi connectivity index (χ0) is 11.3. The average Bonchev–Trinajstić information content (AvgIpc) is 2.15. The van der Waals surface area contributed by atoms with Crippen LogP contribution in [0.5, 0.6) is 0 Å². The van der Waals surface area contributed by atoms with E-state index >= 15 is 0 Å². The summed E-state index contributed by atoms with van der Waals surface area (Å²) in [4.78, 5) is 0. The van der Waals surface area contributed by atoms with Crippen LogP contribution in [0.25, 0.3) is 0 Å². The maximum atomic E-state index is 2.27. The maximum absolute atomic E-state index is 2.27. The summed E-state index contributed by atoms with van der Waals surface area (Å²) in [7, 11) is 0. The predicted octanol–water partition coefficient (Wildman–Crippen LogP) is 5.34. The van der Waals surface area contributed by atoms with E-state index in [2.05, 4.69) is 48.6 Å². The Morgan fingerprint density at radius 3 is 0.529 bits per heavy atom. The Morgan fingerprint density at radius 2 is 0.412 bits per heavy atom. The first-order valence-corrected chi connectivity index (χ1v) is 6.60. The molecule has 0 spiro atoms. The summed E-state index contributed by atoms with van der Waals surface area (Å²) in [6.45, 7) is 0. The van der Waals surface area contributed by atoms with Gasteiger partial charge in [0.2, 0.25) is 0 Å². The van der Waals surface area contributed by atoms with Crippen LogP contribution < -0.4 is 0 Å². The van der Waals surface area contributed by atoms with Crippen molar-refractivity contribution in [3.05, 3.63) is 48.6 Å². The first-order chi connectivity index (χ1) is 8.00. The Bertz CT molecular complexity index is 179. The van der Waals surface area contributed by atoms with Crippen molar-refractivity contribution >= 4 is 0 Å². The third-order valence-corrected chi connectivity index (χ3v) is 2.67. The van der Waals surface area contributed by atoms with Gasteiger partial charge in [-0.1, -0.05) is 48.6 Å². The molecule has 1 heteroatoms. The summed E-state index contributed by atoms with van der Waals surface area (Å²) < 4.78 is 0. The van der Waals surface area contributed by atoms with Crippen molar-refractivity contribution in [2.45, 2.75) is 51.4 Å². The molecule has 0 heterocycles. The van der Waals surface area contributed by atoms with Gasteiger partial charge in [0, 0.05) is 16.5 Å². The minimum atomic E-state index is 0. The number of rotatable bonds is 0. The average molecular weight is 275 g/mol. The Balaban J connectivity index is 0.000000284. The van der Waals surface area contributed by atoms with Gasteiger partial charge in [0.25, 0.3) is 0 Å². The number of hydrogen-bond acceptors (Lipinski definition) is 0. The minimum absolute atomic E-state index is 0. The normalized spacial score (nSPS) is 26.4. The fourth-order valence-corrected chi connectivity index (χ4v) is 1.71. The molecule has 0 saturated carbocycles. The molecule has 0 unspecified atom stereocenters. The van der Waals surface area contributed by atoms with Crippen LogP contribution in [0.4, 0.5) is 0 Å². The van der Waals surface area contributed by atoms with Gasteiger partial charge >= 0.3 is 0 Å². The SMILES string of the molecule is C1=C\CC/C=C\CC/1.C1=C\CC/C=C\CC/1.[Ni]. The second-order valence-electron chi connectivity index (χ2n) is 4.20. The van der Waals surface area contributed by atoms with E-state index in [-0.39, 0.29) is 16.5 Å². The molecule has 0 N–H and O–H groups in total.